The highest BCUT2D eigenvalue weighted by molar-refractivity contribution is 7.83. The molecular formula is C10H38O7SSi8. The molecule has 0 aliphatic rings. The Hall–Kier alpha value is 1.81. The van der Waals surface area contributed by atoms with E-state index >= 15 is 0 Å². The van der Waals surface area contributed by atoms with Gasteiger partial charge in [0.15, 0.2) is 17.6 Å². The van der Waals surface area contributed by atoms with E-state index in [1.54, 1.807) is 20.2 Å². The molecule has 0 heterocycles. The Labute approximate surface area is 176 Å². The highest BCUT2D eigenvalue weighted by Gasteiger charge is 2.69. The van der Waals surface area contributed by atoms with Crippen LogP contribution in [0, 0.1) is 0 Å². The molecule has 0 aromatic carbocycles. The molecule has 0 rings (SSSR count). The Balaban J connectivity index is 6.30. The van der Waals surface area contributed by atoms with Gasteiger partial charge in [-0.05, 0) is 57.5 Å². The van der Waals surface area contributed by atoms with E-state index in [0.717, 1.165) is 18.2 Å². The number of thiol groups is 1. The van der Waals surface area contributed by atoms with Crippen LogP contribution in [-0.2, 0) is 16.8 Å². The molecule has 0 saturated heterocycles. The molecule has 0 aliphatic carbocycles. The third-order valence-electron chi connectivity index (χ3n) is 4.19. The zero-order chi connectivity index (χ0) is 20.9. The molecule has 3 N–H and O–H groups in total. The molecule has 0 saturated carbocycles. The fourth-order valence-electron chi connectivity index (χ4n) is 3.11. The zero-order valence-corrected chi connectivity index (χ0v) is 28.2. The van der Waals surface area contributed by atoms with Gasteiger partial charge < -0.3 is 31.2 Å². The summed E-state index contributed by atoms with van der Waals surface area (Å²) in [7, 11) is -12.1. The van der Waals surface area contributed by atoms with E-state index in [1.165, 1.54) is 0 Å². The van der Waals surface area contributed by atoms with Crippen molar-refractivity contribution in [3.05, 3.63) is 0 Å². The summed E-state index contributed by atoms with van der Waals surface area (Å²) in [5.74, 6) is 0.730. The Bertz CT molecular complexity index is 433. The van der Waals surface area contributed by atoms with Crippen LogP contribution in [0.1, 0.15) is 6.42 Å². The van der Waals surface area contributed by atoms with Gasteiger partial charge in [0.25, 0.3) is 10.0 Å². The summed E-state index contributed by atoms with van der Waals surface area (Å²) in [6, 6.07) is 0.749. The summed E-state index contributed by atoms with van der Waals surface area (Å²) in [5.41, 5.74) is 0. The average molecular weight is 527 g/mol. The van der Waals surface area contributed by atoms with E-state index < -0.39 is 58.5 Å². The van der Waals surface area contributed by atoms with E-state index in [2.05, 4.69) is 32.3 Å². The molecule has 16 heteroatoms. The van der Waals surface area contributed by atoms with Crippen molar-refractivity contribution in [2.75, 3.05) is 12.9 Å². The molecule has 0 bridgehead atoms. The van der Waals surface area contributed by atoms with Crippen LogP contribution >= 0.6 is 12.6 Å². The summed E-state index contributed by atoms with van der Waals surface area (Å²) in [5, 5.41) is 0. The minimum absolute atomic E-state index is 0.601. The first-order valence-electron chi connectivity index (χ1n) is 8.80. The minimum atomic E-state index is -3.31. The lowest BCUT2D eigenvalue weighted by molar-refractivity contribution is 0.313. The van der Waals surface area contributed by atoms with E-state index in [4.69, 9.17) is 16.8 Å². The first-order valence-corrected chi connectivity index (χ1v) is 31.7. The SMILES string of the molecule is CO[Si]([SiH3])([SiH2]O)[Si](O[SiH2]O)(O[Si](C)(CCCS)O[Si](C)(C)C)[Si](C)(C)O. The quantitative estimate of drug-likeness (QED) is 0.164. The van der Waals surface area contributed by atoms with Crippen LogP contribution in [0.5, 0.6) is 0 Å². The van der Waals surface area contributed by atoms with Gasteiger partial charge in [-0.15, -0.1) is 0 Å². The normalized spacial score (nSPS) is 21.3. The topological polar surface area (TPSA) is 97.6 Å². The smallest absolute Gasteiger partial charge is 0.338 e. The Morgan fingerprint density at radius 1 is 1.04 bits per heavy atom. The highest BCUT2D eigenvalue weighted by Crippen LogP contribution is 2.34. The van der Waals surface area contributed by atoms with Gasteiger partial charge in [0.05, 0.1) is 0 Å². The molecule has 0 spiro atoms. The molecule has 0 amide bonds. The van der Waals surface area contributed by atoms with E-state index in [9.17, 15) is 14.4 Å². The molecule has 158 valence electrons. The first-order chi connectivity index (χ1) is 11.7. The van der Waals surface area contributed by atoms with Crippen LogP contribution in [0.3, 0.4) is 0 Å². The highest BCUT2D eigenvalue weighted by atomic mass is 32.1. The maximum atomic E-state index is 11.3. The van der Waals surface area contributed by atoms with Crippen LogP contribution in [-0.4, -0.2) is 95.5 Å². The van der Waals surface area contributed by atoms with Crippen LogP contribution in [0.2, 0.25) is 45.3 Å². The van der Waals surface area contributed by atoms with Gasteiger partial charge in [-0.2, -0.15) is 12.6 Å². The lowest BCUT2D eigenvalue weighted by Crippen LogP contribution is -2.85. The van der Waals surface area contributed by atoms with Crippen molar-refractivity contribution >= 4 is 80.9 Å². The minimum Gasteiger partial charge on any atom is -0.439 e. The van der Waals surface area contributed by atoms with E-state index in [1.807, 2.05) is 6.55 Å². The second-order valence-electron chi connectivity index (χ2n) is 8.32. The Kier molecular flexibility index (Phi) is 11.5. The largest absolute Gasteiger partial charge is 0.439 e. The van der Waals surface area contributed by atoms with Gasteiger partial charge in [0.2, 0.25) is 14.7 Å². The third-order valence-corrected chi connectivity index (χ3v) is 69.8. The summed E-state index contributed by atoms with van der Waals surface area (Å²) in [6.45, 7) is 9.30. The predicted octanol–water partition coefficient (Wildman–Crippen LogP) is -1.92. The zero-order valence-electron chi connectivity index (χ0n) is 17.5. The van der Waals surface area contributed by atoms with Crippen LogP contribution in [0.4, 0.5) is 0 Å². The molecule has 3 atom stereocenters. The molecule has 3 unspecified atom stereocenters. The molecule has 0 radical (unpaired) electrons. The van der Waals surface area contributed by atoms with Crippen LogP contribution in [0.25, 0.3) is 0 Å². The third kappa shape index (κ3) is 7.25. The molecule has 0 aromatic rings. The van der Waals surface area contributed by atoms with Gasteiger partial charge in [-0.1, -0.05) is 0 Å². The second-order valence-corrected chi connectivity index (χ2v) is 57.8. The lowest BCUT2D eigenvalue weighted by Gasteiger charge is -2.51. The van der Waals surface area contributed by atoms with Crippen molar-refractivity contribution in [2.24, 2.45) is 0 Å². The van der Waals surface area contributed by atoms with Crippen molar-refractivity contribution in [3.8, 4) is 0 Å². The molecule has 0 aliphatic heterocycles. The molecule has 0 fully saturated rings. The predicted molar refractivity (Wildman–Crippen MR) is 131 cm³/mol. The fraction of sp³-hybridized carbons (Fsp3) is 1.00. The Morgan fingerprint density at radius 2 is 1.58 bits per heavy atom. The summed E-state index contributed by atoms with van der Waals surface area (Å²) in [6.07, 6.45) is 0.851. The van der Waals surface area contributed by atoms with E-state index in [0.29, 0.717) is 9.76 Å². The molecule has 26 heavy (non-hydrogen) atoms. The lowest BCUT2D eigenvalue weighted by atomic mass is 10.6. The maximum absolute atomic E-state index is 11.3. The Morgan fingerprint density at radius 3 is 1.88 bits per heavy atom. The molecule has 7 nitrogen and oxygen atoms in total. The van der Waals surface area contributed by atoms with Crippen molar-refractivity contribution in [1.82, 2.24) is 0 Å². The second kappa shape index (κ2) is 10.7. The van der Waals surface area contributed by atoms with Crippen molar-refractivity contribution in [3.63, 3.8) is 0 Å². The van der Waals surface area contributed by atoms with Crippen molar-refractivity contribution in [1.29, 1.82) is 0 Å². The van der Waals surface area contributed by atoms with Crippen LogP contribution < -0.4 is 0 Å². The van der Waals surface area contributed by atoms with Gasteiger partial charge in [-0.25, -0.2) is 0 Å². The van der Waals surface area contributed by atoms with Crippen molar-refractivity contribution < 1.29 is 31.2 Å². The average Bonchev–Trinajstić information content (AvgIpc) is 2.48. The van der Waals surface area contributed by atoms with Crippen LogP contribution in [0.15, 0.2) is 0 Å². The van der Waals surface area contributed by atoms with Crippen molar-refractivity contribution in [2.45, 2.75) is 51.7 Å². The maximum Gasteiger partial charge on any atom is 0.338 e. The van der Waals surface area contributed by atoms with Gasteiger partial charge in [-0.3, -0.25) is 0 Å². The van der Waals surface area contributed by atoms with Gasteiger partial charge in [0.1, 0.15) is 0 Å². The summed E-state index contributed by atoms with van der Waals surface area (Å²) in [4.78, 5) is 31.4. The van der Waals surface area contributed by atoms with Gasteiger partial charge >= 0.3 is 16.2 Å². The fourth-order valence-corrected chi connectivity index (χ4v) is 98.2. The van der Waals surface area contributed by atoms with E-state index in [-0.39, 0.29) is 0 Å². The number of hydrogen-bond acceptors (Lipinski definition) is 8. The monoisotopic (exact) mass is 526 g/mol. The number of rotatable bonds is 13. The van der Waals surface area contributed by atoms with Gasteiger partial charge in [0, 0.05) is 16.9 Å². The summed E-state index contributed by atoms with van der Waals surface area (Å²) < 4.78 is 25.3. The molecular weight excluding hydrogens is 489 g/mol. The standard InChI is InChI=1S/C10H38O7SSi8/c1-14-26(19,21-12)25(15-20-11,23(5,6)13)17-24(7,10-8-9-18)16-22(2,3)4/h11-13,18H,8-10,20-21H2,1-7,19H3. The number of hydrogen-bond donors (Lipinski definition) is 4. The molecule has 0 aromatic heterocycles. The summed E-state index contributed by atoms with van der Waals surface area (Å²) >= 11 is 4.33. The first kappa shape index (κ1) is 27.8.